The maximum atomic E-state index is 12.1. The molecule has 3 heterocycles. The molecule has 6 nitrogen and oxygen atoms in total. The average Bonchev–Trinajstić information content (AvgIpc) is 3.11. The summed E-state index contributed by atoms with van der Waals surface area (Å²) in [7, 11) is 0. The first kappa shape index (κ1) is 13.9. The molecule has 0 N–H and O–H groups in total. The zero-order chi connectivity index (χ0) is 14.9. The van der Waals surface area contributed by atoms with E-state index in [2.05, 4.69) is 24.0 Å². The molecule has 1 fully saturated rings. The van der Waals surface area contributed by atoms with Gasteiger partial charge in [0.1, 0.15) is 0 Å². The molecule has 0 bridgehead atoms. The monoisotopic (exact) mass is 289 g/mol. The summed E-state index contributed by atoms with van der Waals surface area (Å²) in [4.78, 5) is 18.2. The number of carbonyl (C=O) groups excluding carboxylic acids is 1. The third-order valence-corrected chi connectivity index (χ3v) is 4.11. The van der Waals surface area contributed by atoms with Crippen molar-refractivity contribution in [2.24, 2.45) is 5.41 Å². The van der Waals surface area contributed by atoms with Crippen molar-refractivity contribution < 1.29 is 13.7 Å². The third-order valence-electron chi connectivity index (χ3n) is 4.11. The summed E-state index contributed by atoms with van der Waals surface area (Å²) in [5.41, 5.74) is 0.298. The molecular formula is C15H19N3O3. The van der Waals surface area contributed by atoms with Crippen molar-refractivity contribution >= 4 is 5.91 Å². The van der Waals surface area contributed by atoms with E-state index >= 15 is 0 Å². The fraction of sp³-hybridized carbons (Fsp3) is 0.533. The van der Waals surface area contributed by atoms with E-state index in [4.69, 9.17) is 8.94 Å². The smallest absolute Gasteiger partial charge is 0.238 e. The molecule has 0 aromatic carbocycles. The van der Waals surface area contributed by atoms with Gasteiger partial charge < -0.3 is 13.8 Å². The number of hydrogen-bond acceptors (Lipinski definition) is 5. The first-order valence-electron chi connectivity index (χ1n) is 7.24. The zero-order valence-electron chi connectivity index (χ0n) is 12.3. The molecule has 3 rings (SSSR count). The molecule has 0 unspecified atom stereocenters. The van der Waals surface area contributed by atoms with Crippen LogP contribution >= 0.6 is 0 Å². The largest absolute Gasteiger partial charge is 0.461 e. The quantitative estimate of drug-likeness (QED) is 0.845. The van der Waals surface area contributed by atoms with Gasteiger partial charge in [0.25, 0.3) is 0 Å². The number of aromatic nitrogens is 2. The molecule has 0 aliphatic carbocycles. The third kappa shape index (κ3) is 2.84. The maximum Gasteiger partial charge on any atom is 0.238 e. The molecule has 0 spiro atoms. The van der Waals surface area contributed by atoms with Gasteiger partial charge in [0.05, 0.1) is 6.26 Å². The Morgan fingerprint density at radius 1 is 1.48 bits per heavy atom. The number of hydrogen-bond donors (Lipinski definition) is 0. The summed E-state index contributed by atoms with van der Waals surface area (Å²) < 4.78 is 10.3. The Bertz CT molecular complexity index is 612. The Hall–Kier alpha value is -2.11. The van der Waals surface area contributed by atoms with Gasteiger partial charge in [-0.2, -0.15) is 4.98 Å². The molecule has 0 saturated carbocycles. The number of aryl methyl sites for hydroxylation is 1. The number of likely N-dealkylation sites (tertiary alicyclic amines) is 1. The second-order valence-electron chi connectivity index (χ2n) is 5.90. The van der Waals surface area contributed by atoms with Crippen LogP contribution in [-0.4, -0.2) is 34.0 Å². The van der Waals surface area contributed by atoms with Crippen LogP contribution in [0.15, 0.2) is 27.3 Å². The van der Waals surface area contributed by atoms with E-state index in [0.717, 1.165) is 19.5 Å². The number of rotatable bonds is 5. The Labute approximate surface area is 123 Å². The highest BCUT2D eigenvalue weighted by Gasteiger charge is 2.39. The van der Waals surface area contributed by atoms with Gasteiger partial charge in [-0.3, -0.25) is 4.79 Å². The average molecular weight is 289 g/mol. The summed E-state index contributed by atoms with van der Waals surface area (Å²) in [6, 6.07) is 3.54. The minimum absolute atomic E-state index is 0.152. The van der Waals surface area contributed by atoms with Crippen molar-refractivity contribution in [3.63, 3.8) is 0 Å². The lowest BCUT2D eigenvalue weighted by Gasteiger charge is -2.47. The van der Waals surface area contributed by atoms with Crippen LogP contribution in [0.25, 0.3) is 11.6 Å². The van der Waals surface area contributed by atoms with Crippen molar-refractivity contribution in [1.29, 1.82) is 0 Å². The molecule has 0 atom stereocenters. The van der Waals surface area contributed by atoms with Crippen molar-refractivity contribution in [3.05, 3.63) is 24.3 Å². The van der Waals surface area contributed by atoms with E-state index in [1.165, 1.54) is 0 Å². The highest BCUT2D eigenvalue weighted by atomic mass is 16.5. The summed E-state index contributed by atoms with van der Waals surface area (Å²) in [5, 5.41) is 3.85. The molecule has 6 heteroatoms. The lowest BCUT2D eigenvalue weighted by atomic mass is 9.79. The summed E-state index contributed by atoms with van der Waals surface area (Å²) >= 11 is 0. The van der Waals surface area contributed by atoms with Crippen LogP contribution in [0.4, 0.5) is 0 Å². The fourth-order valence-electron chi connectivity index (χ4n) is 2.51. The Morgan fingerprint density at radius 2 is 2.29 bits per heavy atom. The molecule has 1 saturated heterocycles. The normalized spacial score (nSPS) is 16.8. The number of carbonyl (C=O) groups is 1. The Morgan fingerprint density at radius 3 is 2.95 bits per heavy atom. The van der Waals surface area contributed by atoms with Crippen LogP contribution in [0, 0.1) is 5.41 Å². The van der Waals surface area contributed by atoms with Gasteiger partial charge >= 0.3 is 0 Å². The second-order valence-corrected chi connectivity index (χ2v) is 5.90. The van der Waals surface area contributed by atoms with E-state index in [0.29, 0.717) is 35.7 Å². The van der Waals surface area contributed by atoms with Crippen LogP contribution in [0.5, 0.6) is 0 Å². The van der Waals surface area contributed by atoms with Gasteiger partial charge in [-0.05, 0) is 18.6 Å². The minimum atomic E-state index is 0.152. The molecule has 2 aromatic heterocycles. The first-order chi connectivity index (χ1) is 10.1. The number of amides is 1. The van der Waals surface area contributed by atoms with Gasteiger partial charge in [0, 0.05) is 31.3 Å². The number of nitrogens with zero attached hydrogens (tertiary/aromatic N) is 3. The van der Waals surface area contributed by atoms with Crippen molar-refractivity contribution in [1.82, 2.24) is 15.0 Å². The maximum absolute atomic E-state index is 12.1. The van der Waals surface area contributed by atoms with Crippen molar-refractivity contribution in [2.75, 3.05) is 13.1 Å². The molecule has 0 radical (unpaired) electrons. The summed E-state index contributed by atoms with van der Waals surface area (Å²) in [6.45, 7) is 6.08. The van der Waals surface area contributed by atoms with Gasteiger partial charge in [0.15, 0.2) is 5.76 Å². The molecular weight excluding hydrogens is 270 g/mol. The fourth-order valence-corrected chi connectivity index (χ4v) is 2.51. The van der Waals surface area contributed by atoms with Crippen LogP contribution in [0.2, 0.25) is 0 Å². The van der Waals surface area contributed by atoms with Gasteiger partial charge in [-0.1, -0.05) is 19.0 Å². The van der Waals surface area contributed by atoms with Crippen LogP contribution in [0.3, 0.4) is 0 Å². The number of furan rings is 1. The minimum Gasteiger partial charge on any atom is -0.461 e. The van der Waals surface area contributed by atoms with Gasteiger partial charge in [0.2, 0.25) is 17.6 Å². The second kappa shape index (κ2) is 5.35. The van der Waals surface area contributed by atoms with Gasteiger partial charge in [-0.25, -0.2) is 0 Å². The lowest BCUT2D eigenvalue weighted by Crippen LogP contribution is -2.56. The standard InChI is InChI=1S/C15H19N3O3/c1-3-15(2)9-18(10-15)13(19)7-6-12-16-14(17-21-12)11-5-4-8-20-11/h4-5,8H,3,6-7,9-10H2,1-2H3. The predicted octanol–water partition coefficient (Wildman–Crippen LogP) is 2.52. The van der Waals surface area contributed by atoms with Crippen molar-refractivity contribution in [2.45, 2.75) is 33.1 Å². The first-order valence-corrected chi connectivity index (χ1v) is 7.24. The summed E-state index contributed by atoms with van der Waals surface area (Å²) in [5.74, 6) is 1.61. The van der Waals surface area contributed by atoms with Gasteiger partial charge in [-0.15, -0.1) is 0 Å². The molecule has 112 valence electrons. The van der Waals surface area contributed by atoms with Crippen molar-refractivity contribution in [3.8, 4) is 11.6 Å². The molecule has 1 aliphatic heterocycles. The molecule has 1 amide bonds. The highest BCUT2D eigenvalue weighted by Crippen LogP contribution is 2.33. The lowest BCUT2D eigenvalue weighted by molar-refractivity contribution is -0.142. The van der Waals surface area contributed by atoms with E-state index in [1.807, 2.05) is 4.90 Å². The molecule has 1 aliphatic rings. The Kier molecular flexibility index (Phi) is 3.53. The highest BCUT2D eigenvalue weighted by molar-refractivity contribution is 5.77. The Balaban J connectivity index is 1.51. The topological polar surface area (TPSA) is 72.4 Å². The summed E-state index contributed by atoms with van der Waals surface area (Å²) in [6.07, 6.45) is 3.53. The van der Waals surface area contributed by atoms with E-state index < -0.39 is 0 Å². The molecule has 2 aromatic rings. The SMILES string of the molecule is CCC1(C)CN(C(=O)CCc2nc(-c3ccco3)no2)C1. The van der Waals surface area contributed by atoms with Crippen LogP contribution in [-0.2, 0) is 11.2 Å². The van der Waals surface area contributed by atoms with E-state index in [9.17, 15) is 4.79 Å². The van der Waals surface area contributed by atoms with E-state index in [-0.39, 0.29) is 5.91 Å². The molecule has 21 heavy (non-hydrogen) atoms. The van der Waals surface area contributed by atoms with E-state index in [1.54, 1.807) is 18.4 Å². The van der Waals surface area contributed by atoms with Crippen LogP contribution < -0.4 is 0 Å². The van der Waals surface area contributed by atoms with Crippen LogP contribution in [0.1, 0.15) is 32.6 Å². The zero-order valence-corrected chi connectivity index (χ0v) is 12.3. The predicted molar refractivity (Wildman–Crippen MR) is 75.3 cm³/mol.